The minimum absolute atomic E-state index is 0.153. The molecule has 0 fully saturated rings. The largest absolute Gasteiger partial charge is 0.339 e. The van der Waals surface area contributed by atoms with Crippen LogP contribution in [0, 0.1) is 0 Å². The number of nitrogens with one attached hydrogen (secondary N) is 1. The zero-order valence-corrected chi connectivity index (χ0v) is 18.1. The number of anilines is 1. The van der Waals surface area contributed by atoms with E-state index in [0.29, 0.717) is 10.6 Å². The van der Waals surface area contributed by atoms with Gasteiger partial charge in [0, 0.05) is 25.4 Å². The summed E-state index contributed by atoms with van der Waals surface area (Å²) in [5.41, 5.74) is 2.79. The molecule has 2 amide bonds. The predicted octanol–water partition coefficient (Wildman–Crippen LogP) is 3.75. The summed E-state index contributed by atoms with van der Waals surface area (Å²) in [7, 11) is -0.230. The summed E-state index contributed by atoms with van der Waals surface area (Å²) in [5, 5.41) is 2.56. The Balaban J connectivity index is 1.64. The first-order chi connectivity index (χ1) is 13.8. The van der Waals surface area contributed by atoms with Crippen molar-refractivity contribution in [2.24, 2.45) is 0 Å². The number of amides is 2. The van der Waals surface area contributed by atoms with E-state index in [1.165, 1.54) is 10.5 Å². The lowest BCUT2D eigenvalue weighted by molar-refractivity contribution is -0.115. The number of benzene rings is 2. The zero-order valence-electron chi connectivity index (χ0n) is 16.5. The van der Waals surface area contributed by atoms with E-state index >= 15 is 0 Å². The summed E-state index contributed by atoms with van der Waals surface area (Å²) >= 11 is 1.01. The van der Waals surface area contributed by atoms with E-state index in [9.17, 15) is 18.0 Å². The van der Waals surface area contributed by atoms with E-state index in [0.717, 1.165) is 36.6 Å². The van der Waals surface area contributed by atoms with Gasteiger partial charge in [-0.2, -0.15) is 0 Å². The second-order valence-electron chi connectivity index (χ2n) is 7.16. The Morgan fingerprint density at radius 2 is 1.79 bits per heavy atom. The molecule has 0 heterocycles. The number of hydrogen-bond acceptors (Lipinski definition) is 5. The number of nitrogens with zero attached hydrogens (tertiary/aromatic N) is 1. The highest BCUT2D eigenvalue weighted by Crippen LogP contribution is 2.29. The third-order valence-electron chi connectivity index (χ3n) is 4.75. The van der Waals surface area contributed by atoms with E-state index in [4.69, 9.17) is 0 Å². The quantitative estimate of drug-likeness (QED) is 0.703. The van der Waals surface area contributed by atoms with Gasteiger partial charge in [-0.3, -0.25) is 9.59 Å². The van der Waals surface area contributed by atoms with Crippen LogP contribution >= 0.6 is 11.8 Å². The summed E-state index contributed by atoms with van der Waals surface area (Å²) in [4.78, 5) is 26.7. The minimum atomic E-state index is -3.54. The average molecular weight is 433 g/mol. The molecule has 29 heavy (non-hydrogen) atoms. The fraction of sp³-hybridized carbons (Fsp3) is 0.333. The first-order valence-corrected chi connectivity index (χ1v) is 11.9. The molecule has 8 heteroatoms. The molecule has 3 rings (SSSR count). The van der Waals surface area contributed by atoms with Crippen LogP contribution in [0.1, 0.15) is 24.0 Å². The highest BCUT2D eigenvalue weighted by Gasteiger charge is 2.20. The summed E-state index contributed by atoms with van der Waals surface area (Å²) < 4.78 is 25.3. The van der Waals surface area contributed by atoms with Gasteiger partial charge in [0.25, 0.3) is 5.24 Å². The molecule has 0 spiro atoms. The molecule has 2 aromatic rings. The number of sulfone groups is 1. The average Bonchev–Trinajstić information content (AvgIpc) is 3.16. The molecule has 1 aliphatic carbocycles. The molecule has 0 radical (unpaired) electrons. The number of aryl methyl sites for hydroxylation is 2. The third-order valence-corrected chi connectivity index (χ3v) is 7.58. The summed E-state index contributed by atoms with van der Waals surface area (Å²) in [6.45, 7) is 0. The van der Waals surface area contributed by atoms with Crippen molar-refractivity contribution in [3.8, 4) is 0 Å². The maximum atomic E-state index is 12.6. The predicted molar refractivity (Wildman–Crippen MR) is 115 cm³/mol. The zero-order chi connectivity index (χ0) is 21.0. The molecular weight excluding hydrogens is 408 g/mol. The second kappa shape index (κ2) is 9.00. The van der Waals surface area contributed by atoms with Gasteiger partial charge in [0.2, 0.25) is 5.91 Å². The topological polar surface area (TPSA) is 83.6 Å². The van der Waals surface area contributed by atoms with Gasteiger partial charge in [-0.25, -0.2) is 8.42 Å². The molecule has 1 N–H and O–H groups in total. The molecule has 0 bridgehead atoms. The van der Waals surface area contributed by atoms with Gasteiger partial charge in [-0.1, -0.05) is 18.2 Å². The Kier molecular flexibility index (Phi) is 6.64. The van der Waals surface area contributed by atoms with Gasteiger partial charge in [0.15, 0.2) is 9.84 Å². The normalized spacial score (nSPS) is 13.0. The van der Waals surface area contributed by atoms with E-state index in [-0.39, 0.29) is 22.3 Å². The van der Waals surface area contributed by atoms with E-state index < -0.39 is 15.7 Å². The third kappa shape index (κ3) is 5.39. The van der Waals surface area contributed by atoms with Crippen molar-refractivity contribution in [1.29, 1.82) is 0 Å². The van der Waals surface area contributed by atoms with Crippen LogP contribution in [0.2, 0.25) is 0 Å². The Morgan fingerprint density at radius 1 is 1.07 bits per heavy atom. The fourth-order valence-corrected chi connectivity index (χ4v) is 5.18. The van der Waals surface area contributed by atoms with Crippen molar-refractivity contribution in [2.45, 2.75) is 35.5 Å². The number of hydrogen-bond donors (Lipinski definition) is 1. The van der Waals surface area contributed by atoms with Crippen molar-refractivity contribution in [3.05, 3.63) is 53.6 Å². The van der Waals surface area contributed by atoms with Gasteiger partial charge in [-0.15, -0.1) is 0 Å². The first kappa shape index (κ1) is 21.4. The van der Waals surface area contributed by atoms with Crippen LogP contribution in [0.25, 0.3) is 0 Å². The molecule has 0 aliphatic heterocycles. The molecule has 154 valence electrons. The lowest BCUT2D eigenvalue weighted by Crippen LogP contribution is -2.19. The molecular formula is C21H24N2O4S2. The van der Waals surface area contributed by atoms with Crippen LogP contribution in [0.4, 0.5) is 10.5 Å². The Labute approximate surface area is 175 Å². The Bertz CT molecular complexity index is 1030. The number of para-hydroxylation sites is 1. The van der Waals surface area contributed by atoms with Crippen molar-refractivity contribution in [3.63, 3.8) is 0 Å². The van der Waals surface area contributed by atoms with Gasteiger partial charge in [-0.05, 0) is 66.4 Å². The molecule has 0 aromatic heterocycles. The lowest BCUT2D eigenvalue weighted by atomic mass is 10.1. The molecule has 1 aliphatic rings. The molecule has 0 saturated carbocycles. The van der Waals surface area contributed by atoms with Crippen LogP contribution in [-0.4, -0.2) is 44.3 Å². The van der Waals surface area contributed by atoms with Gasteiger partial charge >= 0.3 is 0 Å². The molecule has 0 saturated heterocycles. The molecule has 6 nitrogen and oxygen atoms in total. The van der Waals surface area contributed by atoms with Crippen molar-refractivity contribution in [1.82, 2.24) is 4.90 Å². The monoisotopic (exact) mass is 432 g/mol. The number of rotatable bonds is 6. The SMILES string of the molecule is CN(C)C(=O)Sc1ccccc1NC(=O)CCS(=O)(=O)c1ccc2c(c1)CCC2. The van der Waals surface area contributed by atoms with Crippen molar-refractivity contribution >= 4 is 38.4 Å². The van der Waals surface area contributed by atoms with Crippen molar-refractivity contribution < 1.29 is 18.0 Å². The van der Waals surface area contributed by atoms with E-state index in [2.05, 4.69) is 5.32 Å². The number of thioether (sulfide) groups is 1. The maximum absolute atomic E-state index is 12.6. The molecule has 0 unspecified atom stereocenters. The second-order valence-corrected chi connectivity index (χ2v) is 10.3. The summed E-state index contributed by atoms with van der Waals surface area (Å²) in [6.07, 6.45) is 2.79. The van der Waals surface area contributed by atoms with Gasteiger partial charge in [0.05, 0.1) is 16.3 Å². The van der Waals surface area contributed by atoms with Crippen LogP contribution < -0.4 is 5.32 Å². The van der Waals surface area contributed by atoms with Crippen LogP contribution in [0.3, 0.4) is 0 Å². The number of fused-ring (bicyclic) bond motifs is 1. The van der Waals surface area contributed by atoms with Crippen LogP contribution in [0.15, 0.2) is 52.3 Å². The number of carbonyl (C=O) groups excluding carboxylic acids is 2. The van der Waals surface area contributed by atoms with Crippen LogP contribution in [-0.2, 0) is 27.5 Å². The lowest BCUT2D eigenvalue weighted by Gasteiger charge is -2.13. The maximum Gasteiger partial charge on any atom is 0.286 e. The highest BCUT2D eigenvalue weighted by molar-refractivity contribution is 8.13. The van der Waals surface area contributed by atoms with Crippen LogP contribution in [0.5, 0.6) is 0 Å². The molecule has 2 aromatic carbocycles. The smallest absolute Gasteiger partial charge is 0.286 e. The Hall–Kier alpha value is -2.32. The number of carbonyl (C=O) groups is 2. The minimum Gasteiger partial charge on any atom is -0.339 e. The van der Waals surface area contributed by atoms with Gasteiger partial charge in [0.1, 0.15) is 0 Å². The summed E-state index contributed by atoms with van der Waals surface area (Å²) in [6, 6.07) is 12.2. The van der Waals surface area contributed by atoms with E-state index in [1.54, 1.807) is 50.5 Å². The summed E-state index contributed by atoms with van der Waals surface area (Å²) in [5.74, 6) is -0.663. The highest BCUT2D eigenvalue weighted by atomic mass is 32.2. The first-order valence-electron chi connectivity index (χ1n) is 9.39. The molecule has 0 atom stereocenters. The standard InChI is InChI=1S/C21H24N2O4S2/c1-23(2)21(25)28-19-9-4-3-8-18(19)22-20(24)12-13-29(26,27)17-11-10-15-6-5-7-16(15)14-17/h3-4,8-11,14H,5-7,12-13H2,1-2H3,(H,22,24). The fourth-order valence-electron chi connectivity index (χ4n) is 3.14. The van der Waals surface area contributed by atoms with Gasteiger partial charge < -0.3 is 10.2 Å². The Morgan fingerprint density at radius 3 is 2.55 bits per heavy atom. The van der Waals surface area contributed by atoms with E-state index in [1.807, 2.05) is 6.07 Å². The van der Waals surface area contributed by atoms with Crippen molar-refractivity contribution in [2.75, 3.05) is 25.2 Å².